The first-order chi connectivity index (χ1) is 15.3. The fraction of sp³-hybridized carbons (Fsp3) is 0.464. The summed E-state index contributed by atoms with van der Waals surface area (Å²) in [5, 5.41) is 1.01. The van der Waals surface area contributed by atoms with E-state index in [0.29, 0.717) is 19.1 Å². The van der Waals surface area contributed by atoms with E-state index in [-0.39, 0.29) is 11.3 Å². The zero-order valence-corrected chi connectivity index (χ0v) is 20.1. The van der Waals surface area contributed by atoms with Crippen LogP contribution < -0.4 is 4.74 Å². The summed E-state index contributed by atoms with van der Waals surface area (Å²) in [7, 11) is 0. The van der Waals surface area contributed by atoms with Crippen molar-refractivity contribution in [2.45, 2.75) is 59.4 Å². The zero-order chi connectivity index (χ0) is 22.9. The molecule has 0 saturated carbocycles. The summed E-state index contributed by atoms with van der Waals surface area (Å²) in [6.45, 7) is 13.9. The number of carbonyl (C=O) groups is 1. The monoisotopic (exact) mass is 432 g/mol. The maximum atomic E-state index is 13.6. The molecule has 1 amide bonds. The predicted octanol–water partition coefficient (Wildman–Crippen LogP) is 6.26. The molecule has 0 unspecified atom stereocenters. The van der Waals surface area contributed by atoms with Crippen molar-refractivity contribution in [1.29, 1.82) is 0 Å². The Balaban J connectivity index is 1.74. The molecular formula is C28H36N2O2. The van der Waals surface area contributed by atoms with Crippen molar-refractivity contribution in [2.75, 3.05) is 19.7 Å². The van der Waals surface area contributed by atoms with Crippen molar-refractivity contribution in [1.82, 2.24) is 9.47 Å². The van der Waals surface area contributed by atoms with E-state index in [2.05, 4.69) is 62.6 Å². The van der Waals surface area contributed by atoms with Crippen LogP contribution in [0.2, 0.25) is 0 Å². The Bertz CT molecular complexity index is 1080. The van der Waals surface area contributed by atoms with Crippen LogP contribution in [0.5, 0.6) is 5.75 Å². The SMILES string of the molecule is CCOc1cccc2c1cc(C(=O)N1CCC(C)CC1)n2Cc1ccc(C(C)(C)C)cc1. The lowest BCUT2D eigenvalue weighted by Gasteiger charge is -2.30. The van der Waals surface area contributed by atoms with Gasteiger partial charge in [0.15, 0.2) is 0 Å². The largest absolute Gasteiger partial charge is 0.493 e. The minimum Gasteiger partial charge on any atom is -0.493 e. The number of carbonyl (C=O) groups excluding carboxylic acids is 1. The van der Waals surface area contributed by atoms with E-state index in [4.69, 9.17) is 4.74 Å². The van der Waals surface area contributed by atoms with E-state index < -0.39 is 0 Å². The number of hydrogen-bond acceptors (Lipinski definition) is 2. The Kier molecular flexibility index (Phi) is 6.32. The molecule has 0 bridgehead atoms. The smallest absolute Gasteiger partial charge is 0.270 e. The van der Waals surface area contributed by atoms with Gasteiger partial charge in [-0.05, 0) is 60.4 Å². The van der Waals surface area contributed by atoms with E-state index in [9.17, 15) is 4.79 Å². The third-order valence-electron chi connectivity index (χ3n) is 6.66. The number of hydrogen-bond donors (Lipinski definition) is 0. The summed E-state index contributed by atoms with van der Waals surface area (Å²) >= 11 is 0. The molecule has 0 atom stereocenters. The second-order valence-corrected chi connectivity index (χ2v) is 10.2. The minimum atomic E-state index is 0.123. The van der Waals surface area contributed by atoms with Gasteiger partial charge in [-0.25, -0.2) is 0 Å². The van der Waals surface area contributed by atoms with Gasteiger partial charge in [0.1, 0.15) is 11.4 Å². The molecule has 4 nitrogen and oxygen atoms in total. The first kappa shape index (κ1) is 22.4. The van der Waals surface area contributed by atoms with Crippen LogP contribution in [0.4, 0.5) is 0 Å². The molecule has 32 heavy (non-hydrogen) atoms. The third-order valence-corrected chi connectivity index (χ3v) is 6.66. The summed E-state index contributed by atoms with van der Waals surface area (Å²) in [6, 6.07) is 16.9. The molecule has 0 N–H and O–H groups in total. The van der Waals surface area contributed by atoms with Gasteiger partial charge in [0, 0.05) is 25.0 Å². The van der Waals surface area contributed by atoms with Crippen LogP contribution in [0.25, 0.3) is 10.9 Å². The van der Waals surface area contributed by atoms with Crippen molar-refractivity contribution in [3.05, 3.63) is 65.4 Å². The Hall–Kier alpha value is -2.75. The van der Waals surface area contributed by atoms with Gasteiger partial charge in [-0.2, -0.15) is 0 Å². The molecule has 1 aromatic heterocycles. The Morgan fingerprint density at radius 1 is 1.06 bits per heavy atom. The molecule has 3 aromatic rings. The third kappa shape index (κ3) is 4.55. The first-order valence-corrected chi connectivity index (χ1v) is 11.9. The van der Waals surface area contributed by atoms with Gasteiger partial charge in [-0.15, -0.1) is 0 Å². The lowest BCUT2D eigenvalue weighted by Crippen LogP contribution is -2.38. The molecule has 0 spiro atoms. The number of aromatic nitrogens is 1. The van der Waals surface area contributed by atoms with Gasteiger partial charge in [0.2, 0.25) is 0 Å². The molecule has 1 saturated heterocycles. The molecule has 1 fully saturated rings. The number of rotatable bonds is 5. The molecule has 1 aliphatic rings. The lowest BCUT2D eigenvalue weighted by atomic mass is 9.87. The molecule has 0 aliphatic carbocycles. The summed E-state index contributed by atoms with van der Waals surface area (Å²) < 4.78 is 8.06. The summed E-state index contributed by atoms with van der Waals surface area (Å²) in [5.41, 5.74) is 4.43. The molecule has 4 heteroatoms. The number of piperidine rings is 1. The van der Waals surface area contributed by atoms with Crippen LogP contribution in [0.1, 0.15) is 69.1 Å². The van der Waals surface area contributed by atoms with Crippen molar-refractivity contribution in [3.63, 3.8) is 0 Å². The molecule has 2 heterocycles. The van der Waals surface area contributed by atoms with Crippen LogP contribution >= 0.6 is 0 Å². The standard InChI is InChI=1S/C28H36N2O2/c1-6-32-26-9-7-8-24-23(26)18-25(27(31)29-16-14-20(2)15-17-29)30(24)19-21-10-12-22(13-11-21)28(3,4)5/h7-13,18,20H,6,14-17,19H2,1-5H3. The average molecular weight is 433 g/mol. The van der Waals surface area contributed by atoms with E-state index >= 15 is 0 Å². The van der Waals surface area contributed by atoms with E-state index in [1.165, 1.54) is 11.1 Å². The van der Waals surface area contributed by atoms with Gasteiger partial charge in [0.25, 0.3) is 5.91 Å². The quantitative estimate of drug-likeness (QED) is 0.477. The highest BCUT2D eigenvalue weighted by Crippen LogP contribution is 2.31. The van der Waals surface area contributed by atoms with E-state index in [1.54, 1.807) is 0 Å². The number of amides is 1. The zero-order valence-electron chi connectivity index (χ0n) is 20.1. The number of ether oxygens (including phenoxy) is 1. The molecular weight excluding hydrogens is 396 g/mol. The van der Waals surface area contributed by atoms with Crippen molar-refractivity contribution < 1.29 is 9.53 Å². The maximum absolute atomic E-state index is 13.6. The van der Waals surface area contributed by atoms with Crippen molar-refractivity contribution >= 4 is 16.8 Å². The number of benzene rings is 2. The summed E-state index contributed by atoms with van der Waals surface area (Å²) in [6.07, 6.45) is 2.15. The van der Waals surface area contributed by atoms with Crippen LogP contribution in [-0.4, -0.2) is 35.1 Å². The summed E-state index contributed by atoms with van der Waals surface area (Å²) in [4.78, 5) is 15.6. The molecule has 170 valence electrons. The summed E-state index contributed by atoms with van der Waals surface area (Å²) in [5.74, 6) is 1.66. The number of likely N-dealkylation sites (tertiary alicyclic amines) is 1. The molecule has 2 aromatic carbocycles. The highest BCUT2D eigenvalue weighted by atomic mass is 16.5. The van der Waals surface area contributed by atoms with Gasteiger partial charge >= 0.3 is 0 Å². The Labute approximate surface area is 192 Å². The first-order valence-electron chi connectivity index (χ1n) is 11.9. The Morgan fingerprint density at radius 2 is 1.75 bits per heavy atom. The molecule has 4 rings (SSSR count). The number of nitrogens with zero attached hydrogens (tertiary/aromatic N) is 2. The predicted molar refractivity (Wildman–Crippen MR) is 132 cm³/mol. The minimum absolute atomic E-state index is 0.123. The fourth-order valence-electron chi connectivity index (χ4n) is 4.55. The van der Waals surface area contributed by atoms with Crippen molar-refractivity contribution in [3.8, 4) is 5.75 Å². The molecule has 1 aliphatic heterocycles. The van der Waals surface area contributed by atoms with Crippen LogP contribution in [0.3, 0.4) is 0 Å². The highest BCUT2D eigenvalue weighted by molar-refractivity contribution is 6.00. The van der Waals surface area contributed by atoms with E-state index in [1.807, 2.05) is 30.0 Å². The van der Waals surface area contributed by atoms with Crippen LogP contribution in [-0.2, 0) is 12.0 Å². The van der Waals surface area contributed by atoms with Gasteiger partial charge in [-0.1, -0.05) is 58.0 Å². The van der Waals surface area contributed by atoms with Gasteiger partial charge in [-0.3, -0.25) is 4.79 Å². The second-order valence-electron chi connectivity index (χ2n) is 10.2. The van der Waals surface area contributed by atoms with Crippen LogP contribution in [0.15, 0.2) is 48.5 Å². The highest BCUT2D eigenvalue weighted by Gasteiger charge is 2.26. The number of fused-ring (bicyclic) bond motifs is 1. The second kappa shape index (κ2) is 9.01. The van der Waals surface area contributed by atoms with E-state index in [0.717, 1.165) is 48.3 Å². The Morgan fingerprint density at radius 3 is 2.38 bits per heavy atom. The fourth-order valence-corrected chi connectivity index (χ4v) is 4.55. The molecule has 0 radical (unpaired) electrons. The van der Waals surface area contributed by atoms with Gasteiger partial charge < -0.3 is 14.2 Å². The average Bonchev–Trinajstić information content (AvgIpc) is 3.13. The van der Waals surface area contributed by atoms with Crippen molar-refractivity contribution in [2.24, 2.45) is 5.92 Å². The topological polar surface area (TPSA) is 34.5 Å². The normalized spacial score (nSPS) is 15.3. The maximum Gasteiger partial charge on any atom is 0.270 e. The lowest BCUT2D eigenvalue weighted by molar-refractivity contribution is 0.0687. The van der Waals surface area contributed by atoms with Gasteiger partial charge in [0.05, 0.1) is 12.1 Å². The van der Waals surface area contributed by atoms with Crippen LogP contribution in [0, 0.1) is 5.92 Å².